The van der Waals surface area contributed by atoms with E-state index in [2.05, 4.69) is 33.4 Å². The third-order valence-electron chi connectivity index (χ3n) is 3.00. The van der Waals surface area contributed by atoms with E-state index in [1.165, 1.54) is 19.3 Å². The Labute approximate surface area is 110 Å². The number of rotatable bonds is 4. The van der Waals surface area contributed by atoms with Gasteiger partial charge < -0.3 is 5.32 Å². The number of allylic oxidation sites excluding steroid dienone is 1. The summed E-state index contributed by atoms with van der Waals surface area (Å²) in [5, 5.41) is 12.2. The van der Waals surface area contributed by atoms with E-state index in [0.717, 1.165) is 23.1 Å². The van der Waals surface area contributed by atoms with Gasteiger partial charge in [0.2, 0.25) is 0 Å². The Morgan fingerprint density at radius 2 is 2.29 bits per heavy atom. The fourth-order valence-electron chi connectivity index (χ4n) is 2.05. The van der Waals surface area contributed by atoms with Crippen molar-refractivity contribution in [1.29, 1.82) is 5.26 Å². The third-order valence-corrected chi connectivity index (χ3v) is 3.66. The molecule has 88 valence electrons. The molecule has 0 heterocycles. The van der Waals surface area contributed by atoms with Gasteiger partial charge in [-0.2, -0.15) is 5.26 Å². The molecular formula is C14H15BrN2. The second-order valence-corrected chi connectivity index (χ2v) is 5.09. The van der Waals surface area contributed by atoms with Crippen LogP contribution in [0.4, 0.5) is 5.69 Å². The van der Waals surface area contributed by atoms with Crippen LogP contribution in [-0.4, -0.2) is 6.54 Å². The molecule has 0 aromatic heterocycles. The Morgan fingerprint density at radius 1 is 1.41 bits per heavy atom. The van der Waals surface area contributed by atoms with E-state index in [1.807, 2.05) is 18.2 Å². The Hall–Kier alpha value is -1.27. The zero-order valence-corrected chi connectivity index (χ0v) is 11.3. The molecule has 0 fully saturated rings. The van der Waals surface area contributed by atoms with Crippen LogP contribution >= 0.6 is 15.9 Å². The van der Waals surface area contributed by atoms with Crippen molar-refractivity contribution in [1.82, 2.24) is 0 Å². The molecule has 17 heavy (non-hydrogen) atoms. The molecule has 0 radical (unpaired) electrons. The monoisotopic (exact) mass is 290 g/mol. The summed E-state index contributed by atoms with van der Waals surface area (Å²) in [6.45, 7) is 0.962. The number of nitrogens with zero attached hydrogens (tertiary/aromatic N) is 1. The predicted molar refractivity (Wildman–Crippen MR) is 73.9 cm³/mol. The highest BCUT2D eigenvalue weighted by Crippen LogP contribution is 2.22. The highest BCUT2D eigenvalue weighted by molar-refractivity contribution is 9.10. The van der Waals surface area contributed by atoms with Crippen LogP contribution in [0.3, 0.4) is 0 Å². The van der Waals surface area contributed by atoms with Gasteiger partial charge >= 0.3 is 0 Å². The number of nitriles is 1. The molecule has 1 N–H and O–H groups in total. The van der Waals surface area contributed by atoms with Gasteiger partial charge in [-0.05, 0) is 59.8 Å². The summed E-state index contributed by atoms with van der Waals surface area (Å²) in [5.41, 5.74) is 3.31. The smallest absolute Gasteiger partial charge is 0.100 e. The minimum Gasteiger partial charge on any atom is -0.385 e. The maximum absolute atomic E-state index is 8.82. The number of hydrogen-bond donors (Lipinski definition) is 1. The van der Waals surface area contributed by atoms with Gasteiger partial charge in [0, 0.05) is 16.7 Å². The van der Waals surface area contributed by atoms with E-state index < -0.39 is 0 Å². The lowest BCUT2D eigenvalue weighted by molar-refractivity contribution is 0.863. The molecule has 2 nitrogen and oxygen atoms in total. The molecule has 0 bridgehead atoms. The summed E-state index contributed by atoms with van der Waals surface area (Å²) >= 11 is 3.39. The standard InChI is InChI=1S/C14H15BrN2/c15-14-9-13(6-5-12(14)10-16)17-8-7-11-3-1-2-4-11/h3,5-6,9,17H,1-2,4,7-8H2. The topological polar surface area (TPSA) is 35.8 Å². The van der Waals surface area contributed by atoms with Gasteiger partial charge in [-0.1, -0.05) is 11.6 Å². The van der Waals surface area contributed by atoms with Gasteiger partial charge in [0.05, 0.1) is 5.56 Å². The Bertz CT molecular complexity index is 472. The number of anilines is 1. The van der Waals surface area contributed by atoms with Crippen molar-refractivity contribution in [3.63, 3.8) is 0 Å². The fourth-order valence-corrected chi connectivity index (χ4v) is 2.52. The average molecular weight is 291 g/mol. The first-order valence-corrected chi connectivity index (χ1v) is 6.70. The number of halogens is 1. The van der Waals surface area contributed by atoms with Crippen LogP contribution in [0, 0.1) is 11.3 Å². The van der Waals surface area contributed by atoms with Crippen molar-refractivity contribution < 1.29 is 0 Å². The van der Waals surface area contributed by atoms with Gasteiger partial charge in [0.25, 0.3) is 0 Å². The molecule has 1 aromatic rings. The van der Waals surface area contributed by atoms with Crippen molar-refractivity contribution in [2.75, 3.05) is 11.9 Å². The zero-order chi connectivity index (χ0) is 12.1. The summed E-state index contributed by atoms with van der Waals surface area (Å²) < 4.78 is 0.852. The lowest BCUT2D eigenvalue weighted by Crippen LogP contribution is -2.02. The highest BCUT2D eigenvalue weighted by Gasteiger charge is 2.04. The summed E-state index contributed by atoms with van der Waals surface area (Å²) in [6, 6.07) is 7.88. The highest BCUT2D eigenvalue weighted by atomic mass is 79.9. The summed E-state index contributed by atoms with van der Waals surface area (Å²) in [4.78, 5) is 0. The van der Waals surface area contributed by atoms with Crippen LogP contribution in [-0.2, 0) is 0 Å². The number of benzene rings is 1. The summed E-state index contributed by atoms with van der Waals surface area (Å²) in [5.74, 6) is 0. The molecule has 0 saturated heterocycles. The Morgan fingerprint density at radius 3 is 2.94 bits per heavy atom. The van der Waals surface area contributed by atoms with Crippen molar-refractivity contribution in [3.05, 3.63) is 39.9 Å². The third kappa shape index (κ3) is 3.34. The van der Waals surface area contributed by atoms with E-state index in [-0.39, 0.29) is 0 Å². The van der Waals surface area contributed by atoms with Crippen LogP contribution < -0.4 is 5.32 Å². The number of nitrogens with one attached hydrogen (secondary N) is 1. The molecule has 1 aliphatic carbocycles. The molecule has 1 aliphatic rings. The van der Waals surface area contributed by atoms with Crippen LogP contribution in [0.2, 0.25) is 0 Å². The maximum atomic E-state index is 8.82. The van der Waals surface area contributed by atoms with Crippen LogP contribution in [0.25, 0.3) is 0 Å². The Kier molecular flexibility index (Phi) is 4.22. The van der Waals surface area contributed by atoms with Gasteiger partial charge in [0.15, 0.2) is 0 Å². The van der Waals surface area contributed by atoms with Crippen LogP contribution in [0.5, 0.6) is 0 Å². The maximum Gasteiger partial charge on any atom is 0.100 e. The quantitative estimate of drug-likeness (QED) is 0.842. The van der Waals surface area contributed by atoms with Crippen LogP contribution in [0.1, 0.15) is 31.2 Å². The van der Waals surface area contributed by atoms with Gasteiger partial charge in [0.1, 0.15) is 6.07 Å². The molecule has 0 amide bonds. The lowest BCUT2D eigenvalue weighted by atomic mass is 10.1. The Balaban J connectivity index is 1.87. The van der Waals surface area contributed by atoms with Crippen molar-refractivity contribution >= 4 is 21.6 Å². The normalized spacial score (nSPS) is 14.2. The van der Waals surface area contributed by atoms with E-state index >= 15 is 0 Å². The lowest BCUT2D eigenvalue weighted by Gasteiger charge is -2.07. The second-order valence-electron chi connectivity index (χ2n) is 4.24. The minimum atomic E-state index is 0.675. The zero-order valence-electron chi connectivity index (χ0n) is 9.67. The SMILES string of the molecule is N#Cc1ccc(NCCC2=CCCC2)cc1Br. The van der Waals surface area contributed by atoms with Gasteiger partial charge in [-0.3, -0.25) is 0 Å². The molecule has 0 atom stereocenters. The molecule has 0 aliphatic heterocycles. The first-order valence-electron chi connectivity index (χ1n) is 5.91. The summed E-state index contributed by atoms with van der Waals surface area (Å²) in [7, 11) is 0. The van der Waals surface area contributed by atoms with Crippen molar-refractivity contribution in [2.24, 2.45) is 0 Å². The second kappa shape index (κ2) is 5.88. The molecular weight excluding hydrogens is 276 g/mol. The molecule has 0 spiro atoms. The largest absolute Gasteiger partial charge is 0.385 e. The first-order chi connectivity index (χ1) is 8.29. The fraction of sp³-hybridized carbons (Fsp3) is 0.357. The van der Waals surface area contributed by atoms with Gasteiger partial charge in [-0.15, -0.1) is 0 Å². The van der Waals surface area contributed by atoms with E-state index in [1.54, 1.807) is 5.57 Å². The minimum absolute atomic E-state index is 0.675. The number of hydrogen-bond acceptors (Lipinski definition) is 2. The molecule has 0 unspecified atom stereocenters. The molecule has 3 heteroatoms. The molecule has 1 aromatic carbocycles. The van der Waals surface area contributed by atoms with Crippen LogP contribution in [0.15, 0.2) is 34.3 Å². The van der Waals surface area contributed by atoms with Gasteiger partial charge in [-0.25, -0.2) is 0 Å². The average Bonchev–Trinajstić information content (AvgIpc) is 2.82. The van der Waals surface area contributed by atoms with Crippen molar-refractivity contribution in [3.8, 4) is 6.07 Å². The molecule has 2 rings (SSSR count). The van der Waals surface area contributed by atoms with E-state index in [0.29, 0.717) is 5.56 Å². The van der Waals surface area contributed by atoms with Crippen molar-refractivity contribution in [2.45, 2.75) is 25.7 Å². The summed E-state index contributed by atoms with van der Waals surface area (Å²) in [6.07, 6.45) is 7.31. The van der Waals surface area contributed by atoms with E-state index in [9.17, 15) is 0 Å². The van der Waals surface area contributed by atoms with E-state index in [4.69, 9.17) is 5.26 Å². The predicted octanol–water partition coefficient (Wildman–Crippen LogP) is 4.23. The molecule has 0 saturated carbocycles. The first kappa shape index (κ1) is 12.2.